The third-order valence-electron chi connectivity index (χ3n) is 9.98. The highest BCUT2D eigenvalue weighted by molar-refractivity contribution is 7.90. The summed E-state index contributed by atoms with van der Waals surface area (Å²) in [5.74, 6) is 0.412. The molecule has 2 N–H and O–H groups in total. The summed E-state index contributed by atoms with van der Waals surface area (Å²) in [4.78, 5) is 15.8. The smallest absolute Gasteiger partial charge is 0.264 e. The molecular formula is C33H41ClN2O6S. The Morgan fingerprint density at radius 2 is 2.05 bits per heavy atom. The zero-order valence-electron chi connectivity index (χ0n) is 24.6. The Kier molecular flexibility index (Phi) is 8.79. The lowest BCUT2D eigenvalue weighted by Crippen LogP contribution is -2.49. The molecule has 1 fully saturated rings. The highest BCUT2D eigenvalue weighted by Crippen LogP contribution is 2.46. The maximum atomic E-state index is 13.4. The summed E-state index contributed by atoms with van der Waals surface area (Å²) in [7, 11) is -2.45. The molecule has 0 radical (unpaired) electrons. The van der Waals surface area contributed by atoms with Crippen LogP contribution in [0.4, 0.5) is 5.69 Å². The minimum Gasteiger partial charge on any atom is -0.490 e. The average Bonchev–Trinajstić information content (AvgIpc) is 3.11. The second-order valence-electron chi connectivity index (χ2n) is 12.7. The molecule has 6 rings (SSSR count). The van der Waals surface area contributed by atoms with E-state index in [9.17, 15) is 18.3 Å². The molecule has 2 aromatic carbocycles. The minimum atomic E-state index is -3.98. The number of halogens is 1. The van der Waals surface area contributed by atoms with E-state index in [0.29, 0.717) is 38.3 Å². The van der Waals surface area contributed by atoms with Gasteiger partial charge in [0.15, 0.2) is 0 Å². The number of sulfonamides is 1. The number of methoxy groups -OCH3 is 1. The van der Waals surface area contributed by atoms with Gasteiger partial charge in [0.05, 0.1) is 23.6 Å². The Morgan fingerprint density at radius 1 is 1.19 bits per heavy atom. The SMILES string of the molecule is COCC[C@@H]1CC/C=C/[C@H](O)[C@@H]2CC[C@H]2CN2C[C@@]3(CCCc4cc(Cl)ccc43)COc3ccc(cc32)C(=O)NS1(=O)=O. The van der Waals surface area contributed by atoms with Gasteiger partial charge in [-0.25, -0.2) is 13.1 Å². The van der Waals surface area contributed by atoms with Crippen molar-refractivity contribution in [3.63, 3.8) is 0 Å². The molecule has 0 unspecified atom stereocenters. The van der Waals surface area contributed by atoms with Crippen molar-refractivity contribution in [3.05, 3.63) is 70.3 Å². The molecule has 0 saturated heterocycles. The lowest BCUT2D eigenvalue weighted by molar-refractivity contribution is 0.0456. The molecule has 1 amide bonds. The van der Waals surface area contributed by atoms with Gasteiger partial charge in [-0.3, -0.25) is 4.79 Å². The van der Waals surface area contributed by atoms with Gasteiger partial charge in [0, 0.05) is 42.8 Å². The van der Waals surface area contributed by atoms with E-state index in [2.05, 4.69) is 21.8 Å². The number of aryl methyl sites for hydroxylation is 1. The van der Waals surface area contributed by atoms with Crippen LogP contribution in [-0.4, -0.2) is 64.2 Å². The van der Waals surface area contributed by atoms with E-state index in [1.54, 1.807) is 18.2 Å². The Labute approximate surface area is 259 Å². The van der Waals surface area contributed by atoms with E-state index in [4.69, 9.17) is 21.1 Å². The summed E-state index contributed by atoms with van der Waals surface area (Å²) >= 11 is 6.39. The topological polar surface area (TPSA) is 105 Å². The lowest BCUT2D eigenvalue weighted by Gasteiger charge is -2.45. The second-order valence-corrected chi connectivity index (χ2v) is 15.1. The number of allylic oxidation sites excluding steroid dienone is 1. The van der Waals surface area contributed by atoms with Crippen LogP contribution in [0.2, 0.25) is 5.02 Å². The number of anilines is 1. The van der Waals surface area contributed by atoms with Crippen molar-refractivity contribution < 1.29 is 27.8 Å². The monoisotopic (exact) mass is 628 g/mol. The van der Waals surface area contributed by atoms with Crippen LogP contribution >= 0.6 is 11.6 Å². The molecule has 43 heavy (non-hydrogen) atoms. The van der Waals surface area contributed by atoms with E-state index in [1.807, 2.05) is 18.2 Å². The lowest BCUT2D eigenvalue weighted by atomic mass is 9.68. The first-order valence-electron chi connectivity index (χ1n) is 15.4. The highest BCUT2D eigenvalue weighted by Gasteiger charge is 2.44. The zero-order chi connectivity index (χ0) is 30.2. The standard InChI is InChI=1S/C33H41ClN2O6S/c1-41-16-14-26-6-2-3-7-30(37)27-11-8-24(27)19-36-20-33(15-4-5-22-17-25(34)10-12-28(22)33)21-42-31-13-9-23(18-29(31)36)32(38)35-43(26,39)40/h3,7,9-10,12-13,17-18,24,26-27,30,37H,2,4-6,8,11,14-16,19-21H2,1H3,(H,35,38)/b7-3+/t24-,26-,27+,30-,33-/m0/s1. The molecule has 10 heteroatoms. The van der Waals surface area contributed by atoms with Crippen molar-refractivity contribution in [2.24, 2.45) is 11.8 Å². The van der Waals surface area contributed by atoms with Crippen LogP contribution in [0.1, 0.15) is 66.4 Å². The van der Waals surface area contributed by atoms with Gasteiger partial charge in [-0.1, -0.05) is 29.8 Å². The normalized spacial score (nSPS) is 31.0. The third-order valence-corrected chi connectivity index (χ3v) is 12.0. The molecule has 1 saturated carbocycles. The van der Waals surface area contributed by atoms with Crippen LogP contribution in [0.25, 0.3) is 0 Å². The van der Waals surface area contributed by atoms with Crippen LogP contribution in [0.5, 0.6) is 5.75 Å². The number of fused-ring (bicyclic) bond motifs is 4. The van der Waals surface area contributed by atoms with Gasteiger partial charge in [-0.15, -0.1) is 0 Å². The number of benzene rings is 2. The molecule has 8 nitrogen and oxygen atoms in total. The maximum absolute atomic E-state index is 13.4. The minimum absolute atomic E-state index is 0.115. The molecule has 4 aliphatic rings. The van der Waals surface area contributed by atoms with Crippen molar-refractivity contribution in [3.8, 4) is 5.75 Å². The van der Waals surface area contributed by atoms with Crippen LogP contribution < -0.4 is 14.4 Å². The highest BCUT2D eigenvalue weighted by atomic mass is 35.5. The van der Waals surface area contributed by atoms with Crippen LogP contribution in [0, 0.1) is 11.8 Å². The first kappa shape index (κ1) is 30.4. The van der Waals surface area contributed by atoms with Gasteiger partial charge in [-0.2, -0.15) is 0 Å². The molecule has 2 aromatic rings. The first-order chi connectivity index (χ1) is 20.7. The van der Waals surface area contributed by atoms with Crippen molar-refractivity contribution in [2.75, 3.05) is 38.3 Å². The Hall–Kier alpha value is -2.59. The first-order valence-corrected chi connectivity index (χ1v) is 17.3. The molecule has 1 spiro atoms. The summed E-state index contributed by atoms with van der Waals surface area (Å²) in [6.45, 7) is 2.15. The zero-order valence-corrected chi connectivity index (χ0v) is 26.2. The number of rotatable bonds is 3. The molecular weight excluding hydrogens is 588 g/mol. The number of nitrogens with zero attached hydrogens (tertiary/aromatic N) is 1. The van der Waals surface area contributed by atoms with E-state index >= 15 is 0 Å². The largest absolute Gasteiger partial charge is 0.490 e. The van der Waals surface area contributed by atoms with Crippen LogP contribution in [0.3, 0.4) is 0 Å². The fourth-order valence-electron chi connectivity index (χ4n) is 7.45. The number of carbonyl (C=O) groups excluding carboxylic acids is 1. The van der Waals surface area contributed by atoms with Crippen LogP contribution in [0.15, 0.2) is 48.6 Å². The fraction of sp³-hybridized carbons (Fsp3) is 0.545. The summed E-state index contributed by atoms with van der Waals surface area (Å²) in [5.41, 5.74) is 3.28. The summed E-state index contributed by atoms with van der Waals surface area (Å²) in [5, 5.41) is 11.1. The number of hydrogen-bond acceptors (Lipinski definition) is 7. The Balaban J connectivity index is 1.40. The number of nitrogens with one attached hydrogen (secondary N) is 1. The molecule has 2 bridgehead atoms. The molecule has 5 atom stereocenters. The summed E-state index contributed by atoms with van der Waals surface area (Å²) in [6.07, 6.45) is 9.07. The number of carbonyl (C=O) groups is 1. The Morgan fingerprint density at radius 3 is 2.84 bits per heavy atom. The fourth-order valence-corrected chi connectivity index (χ4v) is 9.04. The number of hydrogen-bond donors (Lipinski definition) is 2. The van der Waals surface area contributed by atoms with Gasteiger partial charge in [-0.05, 0) is 105 Å². The van der Waals surface area contributed by atoms with E-state index < -0.39 is 27.3 Å². The number of ether oxygens (including phenoxy) is 2. The molecule has 2 heterocycles. The van der Waals surface area contributed by atoms with Gasteiger partial charge >= 0.3 is 0 Å². The summed E-state index contributed by atoms with van der Waals surface area (Å²) < 4.78 is 40.8. The van der Waals surface area contributed by atoms with Gasteiger partial charge in [0.2, 0.25) is 10.0 Å². The maximum Gasteiger partial charge on any atom is 0.264 e. The van der Waals surface area contributed by atoms with E-state index in [-0.39, 0.29) is 35.8 Å². The van der Waals surface area contributed by atoms with E-state index in [0.717, 1.165) is 42.8 Å². The third kappa shape index (κ3) is 6.19. The predicted octanol–water partition coefficient (Wildman–Crippen LogP) is 5.01. The molecule has 2 aliphatic carbocycles. The quantitative estimate of drug-likeness (QED) is 0.460. The van der Waals surface area contributed by atoms with Crippen molar-refractivity contribution in [1.82, 2.24) is 4.72 Å². The second kappa shape index (κ2) is 12.4. The van der Waals surface area contributed by atoms with Crippen molar-refractivity contribution >= 4 is 33.2 Å². The van der Waals surface area contributed by atoms with Gasteiger partial charge in [0.1, 0.15) is 5.75 Å². The van der Waals surface area contributed by atoms with Crippen LogP contribution in [-0.2, 0) is 26.6 Å². The molecule has 0 aromatic heterocycles. The van der Waals surface area contributed by atoms with Crippen molar-refractivity contribution in [1.29, 1.82) is 0 Å². The summed E-state index contributed by atoms with van der Waals surface area (Å²) in [6, 6.07) is 11.4. The van der Waals surface area contributed by atoms with Gasteiger partial charge < -0.3 is 19.5 Å². The molecule has 2 aliphatic heterocycles. The number of amides is 1. The molecule has 232 valence electrons. The predicted molar refractivity (Wildman–Crippen MR) is 167 cm³/mol. The van der Waals surface area contributed by atoms with Gasteiger partial charge in [0.25, 0.3) is 5.91 Å². The number of aliphatic hydroxyl groups excluding tert-OH is 1. The average molecular weight is 629 g/mol. The van der Waals surface area contributed by atoms with Crippen molar-refractivity contribution in [2.45, 2.75) is 68.1 Å². The van der Waals surface area contributed by atoms with E-state index in [1.165, 1.54) is 18.2 Å². The number of aliphatic hydroxyl groups is 1. The Bertz CT molecular complexity index is 1500.